The number of rotatable bonds is 3. The van der Waals surface area contributed by atoms with E-state index in [1.807, 2.05) is 33.2 Å². The van der Waals surface area contributed by atoms with Crippen molar-refractivity contribution in [1.82, 2.24) is 15.1 Å². The molecule has 3 aromatic rings. The van der Waals surface area contributed by atoms with Gasteiger partial charge in [0.15, 0.2) is 0 Å². The molecular formula is C14H16N4OS. The second-order valence-corrected chi connectivity index (χ2v) is 5.79. The van der Waals surface area contributed by atoms with Crippen molar-refractivity contribution in [3.05, 3.63) is 34.3 Å². The van der Waals surface area contributed by atoms with Crippen LogP contribution in [-0.2, 0) is 6.54 Å². The Morgan fingerprint density at radius 3 is 2.75 bits per heavy atom. The lowest BCUT2D eigenvalue weighted by Gasteiger charge is -2.19. The maximum absolute atomic E-state index is 5.22. The fraction of sp³-hybridized carbons (Fsp3) is 0.357. The Kier molecular flexibility index (Phi) is 3.17. The molecule has 0 saturated heterocycles. The van der Waals surface area contributed by atoms with E-state index in [0.29, 0.717) is 0 Å². The predicted molar refractivity (Wildman–Crippen MR) is 80.2 cm³/mol. The van der Waals surface area contributed by atoms with Gasteiger partial charge in [-0.05, 0) is 32.2 Å². The summed E-state index contributed by atoms with van der Waals surface area (Å²) in [5.41, 5.74) is 2.05. The van der Waals surface area contributed by atoms with Crippen LogP contribution in [0.15, 0.2) is 16.0 Å². The van der Waals surface area contributed by atoms with E-state index in [9.17, 15) is 0 Å². The monoisotopic (exact) mass is 288 g/mol. The van der Waals surface area contributed by atoms with Crippen LogP contribution in [0.5, 0.6) is 0 Å². The molecule has 0 unspecified atom stereocenters. The molecule has 3 aromatic heterocycles. The topological polar surface area (TPSA) is 55.1 Å². The van der Waals surface area contributed by atoms with Crippen LogP contribution in [-0.4, -0.2) is 22.2 Å². The van der Waals surface area contributed by atoms with Gasteiger partial charge in [-0.1, -0.05) is 5.16 Å². The molecule has 0 aliphatic heterocycles. The smallest absolute Gasteiger partial charge is 0.141 e. The zero-order valence-corrected chi connectivity index (χ0v) is 12.8. The highest BCUT2D eigenvalue weighted by molar-refractivity contribution is 7.16. The first-order valence-corrected chi connectivity index (χ1v) is 7.29. The molecule has 0 radical (unpaired) electrons. The van der Waals surface area contributed by atoms with Gasteiger partial charge in [-0.15, -0.1) is 11.3 Å². The molecule has 104 valence electrons. The molecular weight excluding hydrogens is 272 g/mol. The average molecular weight is 288 g/mol. The van der Waals surface area contributed by atoms with Gasteiger partial charge in [0.2, 0.25) is 0 Å². The first kappa shape index (κ1) is 13.1. The predicted octanol–water partition coefficient (Wildman–Crippen LogP) is 3.24. The van der Waals surface area contributed by atoms with Crippen LogP contribution in [0.25, 0.3) is 10.2 Å². The Morgan fingerprint density at radius 1 is 1.25 bits per heavy atom. The standard InChI is InChI=1S/C14H16N4OS/c1-8-12(9(2)19-17-8)7-18(4)13-11-5-6-20-14(11)16-10(3)15-13/h5-6H,7H2,1-4H3. The highest BCUT2D eigenvalue weighted by Crippen LogP contribution is 2.28. The van der Waals surface area contributed by atoms with Gasteiger partial charge in [0, 0.05) is 19.2 Å². The van der Waals surface area contributed by atoms with Crippen molar-refractivity contribution in [3.8, 4) is 0 Å². The summed E-state index contributed by atoms with van der Waals surface area (Å²) in [5, 5.41) is 7.14. The SMILES string of the molecule is Cc1nc(N(C)Cc2c(C)noc2C)c2ccsc2n1. The van der Waals surface area contributed by atoms with E-state index in [2.05, 4.69) is 26.1 Å². The molecule has 0 fully saturated rings. The lowest BCUT2D eigenvalue weighted by molar-refractivity contribution is 0.392. The van der Waals surface area contributed by atoms with E-state index in [1.54, 1.807) is 11.3 Å². The molecule has 0 N–H and O–H groups in total. The molecule has 3 rings (SSSR count). The molecule has 0 atom stereocenters. The zero-order valence-electron chi connectivity index (χ0n) is 12.0. The van der Waals surface area contributed by atoms with Gasteiger partial charge in [-0.3, -0.25) is 0 Å². The Labute approximate surface area is 121 Å². The van der Waals surface area contributed by atoms with Crippen molar-refractivity contribution in [2.24, 2.45) is 0 Å². The molecule has 0 bridgehead atoms. The molecule has 6 heteroatoms. The van der Waals surface area contributed by atoms with Crippen LogP contribution in [0.2, 0.25) is 0 Å². The second kappa shape index (κ2) is 4.86. The number of aryl methyl sites for hydroxylation is 3. The van der Waals surface area contributed by atoms with Gasteiger partial charge >= 0.3 is 0 Å². The molecule has 0 saturated carbocycles. The largest absolute Gasteiger partial charge is 0.361 e. The Morgan fingerprint density at radius 2 is 2.05 bits per heavy atom. The van der Waals surface area contributed by atoms with Gasteiger partial charge in [0.05, 0.1) is 11.1 Å². The van der Waals surface area contributed by atoms with Crippen molar-refractivity contribution in [3.63, 3.8) is 0 Å². The maximum Gasteiger partial charge on any atom is 0.141 e. The molecule has 20 heavy (non-hydrogen) atoms. The number of thiophene rings is 1. The molecule has 0 aromatic carbocycles. The normalized spacial score (nSPS) is 11.2. The first-order chi connectivity index (χ1) is 9.56. The lowest BCUT2D eigenvalue weighted by Crippen LogP contribution is -2.19. The van der Waals surface area contributed by atoms with E-state index in [-0.39, 0.29) is 0 Å². The van der Waals surface area contributed by atoms with Gasteiger partial charge in [0.25, 0.3) is 0 Å². The zero-order chi connectivity index (χ0) is 14.3. The second-order valence-electron chi connectivity index (χ2n) is 4.89. The molecule has 0 aliphatic rings. The highest BCUT2D eigenvalue weighted by Gasteiger charge is 2.15. The highest BCUT2D eigenvalue weighted by atomic mass is 32.1. The van der Waals surface area contributed by atoms with E-state index in [1.165, 1.54) is 0 Å². The fourth-order valence-corrected chi connectivity index (χ4v) is 3.08. The summed E-state index contributed by atoms with van der Waals surface area (Å²) in [7, 11) is 2.03. The Bertz CT molecular complexity index is 742. The van der Waals surface area contributed by atoms with E-state index in [4.69, 9.17) is 4.52 Å². The minimum atomic E-state index is 0.725. The van der Waals surface area contributed by atoms with Crippen LogP contribution >= 0.6 is 11.3 Å². The van der Waals surface area contributed by atoms with Gasteiger partial charge in [0.1, 0.15) is 22.2 Å². The van der Waals surface area contributed by atoms with Crippen molar-refractivity contribution in [1.29, 1.82) is 0 Å². The minimum absolute atomic E-state index is 0.725. The molecule has 3 heterocycles. The number of anilines is 1. The summed E-state index contributed by atoms with van der Waals surface area (Å²) in [5.74, 6) is 2.61. The quantitative estimate of drug-likeness (QED) is 0.740. The summed E-state index contributed by atoms with van der Waals surface area (Å²) < 4.78 is 5.22. The van der Waals surface area contributed by atoms with Crippen LogP contribution in [0, 0.1) is 20.8 Å². The van der Waals surface area contributed by atoms with Crippen molar-refractivity contribution < 1.29 is 4.52 Å². The summed E-state index contributed by atoms with van der Waals surface area (Å²) in [6, 6.07) is 2.07. The van der Waals surface area contributed by atoms with Crippen LogP contribution in [0.3, 0.4) is 0 Å². The summed E-state index contributed by atoms with van der Waals surface area (Å²) in [6.07, 6.45) is 0. The average Bonchev–Trinajstić information content (AvgIpc) is 2.99. The Balaban J connectivity index is 2.00. The fourth-order valence-electron chi connectivity index (χ4n) is 2.27. The van der Waals surface area contributed by atoms with Crippen molar-refractivity contribution in [2.45, 2.75) is 27.3 Å². The van der Waals surface area contributed by atoms with Gasteiger partial charge < -0.3 is 9.42 Å². The summed E-state index contributed by atoms with van der Waals surface area (Å²) in [6.45, 7) is 6.55. The third kappa shape index (κ3) is 2.16. The molecule has 0 amide bonds. The maximum atomic E-state index is 5.22. The van der Waals surface area contributed by atoms with E-state index < -0.39 is 0 Å². The number of aromatic nitrogens is 3. The van der Waals surface area contributed by atoms with Crippen LogP contribution < -0.4 is 4.90 Å². The third-order valence-corrected chi connectivity index (χ3v) is 4.16. The van der Waals surface area contributed by atoms with Crippen molar-refractivity contribution >= 4 is 27.4 Å². The number of fused-ring (bicyclic) bond motifs is 1. The molecule has 5 nitrogen and oxygen atoms in total. The van der Waals surface area contributed by atoms with Crippen molar-refractivity contribution in [2.75, 3.05) is 11.9 Å². The summed E-state index contributed by atoms with van der Waals surface area (Å²) >= 11 is 1.64. The first-order valence-electron chi connectivity index (χ1n) is 6.41. The minimum Gasteiger partial charge on any atom is -0.361 e. The molecule has 0 aliphatic carbocycles. The molecule has 0 spiro atoms. The van der Waals surface area contributed by atoms with E-state index >= 15 is 0 Å². The van der Waals surface area contributed by atoms with Crippen LogP contribution in [0.4, 0.5) is 5.82 Å². The van der Waals surface area contributed by atoms with Crippen LogP contribution in [0.1, 0.15) is 22.8 Å². The van der Waals surface area contributed by atoms with Gasteiger partial charge in [-0.25, -0.2) is 9.97 Å². The Hall–Kier alpha value is -1.95. The summed E-state index contributed by atoms with van der Waals surface area (Å²) in [4.78, 5) is 12.2. The van der Waals surface area contributed by atoms with Gasteiger partial charge in [-0.2, -0.15) is 0 Å². The third-order valence-electron chi connectivity index (χ3n) is 3.35. The number of hydrogen-bond donors (Lipinski definition) is 0. The number of hydrogen-bond acceptors (Lipinski definition) is 6. The number of nitrogens with zero attached hydrogens (tertiary/aromatic N) is 4. The van der Waals surface area contributed by atoms with E-state index in [0.717, 1.165) is 45.4 Å². The lowest BCUT2D eigenvalue weighted by atomic mass is 10.2.